The Kier molecular flexibility index (Phi) is 5.64. The van der Waals surface area contributed by atoms with Gasteiger partial charge in [-0.2, -0.15) is 13.2 Å². The molecule has 1 aromatic rings. The summed E-state index contributed by atoms with van der Waals surface area (Å²) in [6, 6.07) is 4.85. The van der Waals surface area contributed by atoms with Crippen molar-refractivity contribution in [2.45, 2.75) is 32.2 Å². The van der Waals surface area contributed by atoms with Crippen molar-refractivity contribution in [2.75, 3.05) is 26.3 Å². The minimum atomic E-state index is -4.36. The molecule has 0 N–H and O–H groups in total. The van der Waals surface area contributed by atoms with E-state index in [-0.39, 0.29) is 5.91 Å². The molecule has 1 saturated heterocycles. The van der Waals surface area contributed by atoms with Crippen molar-refractivity contribution in [3.05, 3.63) is 35.4 Å². The lowest BCUT2D eigenvalue weighted by Gasteiger charge is -2.34. The summed E-state index contributed by atoms with van der Waals surface area (Å²) in [6.07, 6.45) is -5.32. The number of hydrogen-bond donors (Lipinski definition) is 0. The van der Waals surface area contributed by atoms with E-state index in [4.69, 9.17) is 9.47 Å². The molecule has 2 atom stereocenters. The van der Waals surface area contributed by atoms with E-state index in [1.807, 2.05) is 6.92 Å². The molecule has 2 rings (SSSR count). The van der Waals surface area contributed by atoms with E-state index in [0.29, 0.717) is 31.9 Å². The summed E-state index contributed by atoms with van der Waals surface area (Å²) in [7, 11) is 0. The number of rotatable bonds is 4. The average Bonchev–Trinajstić information content (AvgIpc) is 2.54. The number of nitrogens with zero attached hydrogens (tertiary/aromatic N) is 1. The van der Waals surface area contributed by atoms with Crippen molar-refractivity contribution in [2.24, 2.45) is 0 Å². The smallest absolute Gasteiger partial charge is 0.370 e. The minimum Gasteiger partial charge on any atom is -0.370 e. The van der Waals surface area contributed by atoms with E-state index in [2.05, 4.69) is 0 Å². The van der Waals surface area contributed by atoms with Crippen LogP contribution in [0.5, 0.6) is 0 Å². The van der Waals surface area contributed by atoms with Crippen molar-refractivity contribution >= 4 is 5.91 Å². The number of benzene rings is 1. The molecule has 1 heterocycles. The SMILES string of the molecule is CCOC(C)C(=O)N1CCOC(c2ccc(C(F)(F)F)cc2)C1. The standard InChI is InChI=1S/C16H20F3NO3/c1-3-22-11(2)15(21)20-8-9-23-14(10-20)12-4-6-13(7-5-12)16(17,18)19/h4-7,11,14H,3,8-10H2,1-2H3. The van der Waals surface area contributed by atoms with Gasteiger partial charge in [-0.15, -0.1) is 0 Å². The number of halogens is 3. The van der Waals surface area contributed by atoms with Crippen LogP contribution in [0.3, 0.4) is 0 Å². The van der Waals surface area contributed by atoms with Gasteiger partial charge in [0.1, 0.15) is 12.2 Å². The van der Waals surface area contributed by atoms with E-state index in [0.717, 1.165) is 12.1 Å². The van der Waals surface area contributed by atoms with Crippen LogP contribution in [0, 0.1) is 0 Å². The van der Waals surface area contributed by atoms with Crippen LogP contribution in [0.2, 0.25) is 0 Å². The molecule has 7 heteroatoms. The zero-order chi connectivity index (χ0) is 17.0. The Hall–Kier alpha value is -1.60. The number of morpholine rings is 1. The maximum atomic E-state index is 12.6. The summed E-state index contributed by atoms with van der Waals surface area (Å²) >= 11 is 0. The first-order chi connectivity index (χ1) is 10.8. The van der Waals surface area contributed by atoms with Crippen LogP contribution < -0.4 is 0 Å². The topological polar surface area (TPSA) is 38.8 Å². The molecule has 0 aromatic heterocycles. The molecule has 0 bridgehead atoms. The van der Waals surface area contributed by atoms with Gasteiger partial charge in [0.2, 0.25) is 0 Å². The molecule has 1 fully saturated rings. The summed E-state index contributed by atoms with van der Waals surface area (Å²) < 4.78 is 48.7. The van der Waals surface area contributed by atoms with Gasteiger partial charge in [-0.1, -0.05) is 12.1 Å². The fourth-order valence-corrected chi connectivity index (χ4v) is 2.52. The molecule has 0 radical (unpaired) electrons. The lowest BCUT2D eigenvalue weighted by Crippen LogP contribution is -2.46. The summed E-state index contributed by atoms with van der Waals surface area (Å²) in [6.45, 7) is 5.05. The molecular formula is C16H20F3NO3. The Morgan fingerprint density at radius 1 is 1.39 bits per heavy atom. The number of amides is 1. The van der Waals surface area contributed by atoms with Gasteiger partial charge in [0, 0.05) is 13.2 Å². The summed E-state index contributed by atoms with van der Waals surface area (Å²) in [5.74, 6) is -0.132. The van der Waals surface area contributed by atoms with E-state index < -0.39 is 23.9 Å². The molecule has 2 unspecified atom stereocenters. The average molecular weight is 331 g/mol. The molecule has 1 aliphatic rings. The molecule has 0 spiro atoms. The number of carbonyl (C=O) groups excluding carboxylic acids is 1. The van der Waals surface area contributed by atoms with Crippen molar-refractivity contribution < 1.29 is 27.4 Å². The molecule has 1 amide bonds. The van der Waals surface area contributed by atoms with Crippen LogP contribution in [0.4, 0.5) is 13.2 Å². The van der Waals surface area contributed by atoms with Crippen LogP contribution in [0.25, 0.3) is 0 Å². The van der Waals surface area contributed by atoms with Gasteiger partial charge in [0.05, 0.1) is 18.7 Å². The van der Waals surface area contributed by atoms with Crippen molar-refractivity contribution in [3.8, 4) is 0 Å². The predicted octanol–water partition coefficient (Wildman–Crippen LogP) is 3.03. The second-order valence-corrected chi connectivity index (χ2v) is 5.36. The first-order valence-corrected chi connectivity index (χ1v) is 7.52. The highest BCUT2D eigenvalue weighted by molar-refractivity contribution is 5.80. The summed E-state index contributed by atoms with van der Waals surface area (Å²) in [4.78, 5) is 13.9. The predicted molar refractivity (Wildman–Crippen MR) is 77.8 cm³/mol. The Morgan fingerprint density at radius 2 is 2.04 bits per heavy atom. The Bertz CT molecular complexity index is 530. The fraction of sp³-hybridized carbons (Fsp3) is 0.562. The van der Waals surface area contributed by atoms with E-state index in [1.54, 1.807) is 11.8 Å². The lowest BCUT2D eigenvalue weighted by atomic mass is 10.0. The molecular weight excluding hydrogens is 311 g/mol. The van der Waals surface area contributed by atoms with Crippen LogP contribution in [-0.4, -0.2) is 43.2 Å². The zero-order valence-electron chi connectivity index (χ0n) is 13.1. The molecule has 4 nitrogen and oxygen atoms in total. The van der Waals surface area contributed by atoms with Crippen LogP contribution in [-0.2, 0) is 20.4 Å². The molecule has 0 aliphatic carbocycles. The number of carbonyl (C=O) groups is 1. The lowest BCUT2D eigenvalue weighted by molar-refractivity contribution is -0.150. The second-order valence-electron chi connectivity index (χ2n) is 5.36. The molecule has 128 valence electrons. The Morgan fingerprint density at radius 3 is 2.61 bits per heavy atom. The highest BCUT2D eigenvalue weighted by Crippen LogP contribution is 2.31. The van der Waals surface area contributed by atoms with Gasteiger partial charge in [-0.25, -0.2) is 0 Å². The monoisotopic (exact) mass is 331 g/mol. The molecule has 23 heavy (non-hydrogen) atoms. The van der Waals surface area contributed by atoms with Crippen LogP contribution >= 0.6 is 0 Å². The van der Waals surface area contributed by atoms with Crippen LogP contribution in [0.15, 0.2) is 24.3 Å². The maximum absolute atomic E-state index is 12.6. The fourth-order valence-electron chi connectivity index (χ4n) is 2.52. The highest BCUT2D eigenvalue weighted by atomic mass is 19.4. The van der Waals surface area contributed by atoms with Crippen LogP contribution in [0.1, 0.15) is 31.1 Å². The van der Waals surface area contributed by atoms with Gasteiger partial charge >= 0.3 is 6.18 Å². The second kappa shape index (κ2) is 7.31. The van der Waals surface area contributed by atoms with E-state index >= 15 is 0 Å². The first-order valence-electron chi connectivity index (χ1n) is 7.52. The minimum absolute atomic E-state index is 0.132. The van der Waals surface area contributed by atoms with Gasteiger partial charge < -0.3 is 14.4 Å². The Labute approximate surface area is 133 Å². The molecule has 0 saturated carbocycles. The van der Waals surface area contributed by atoms with E-state index in [1.165, 1.54) is 12.1 Å². The van der Waals surface area contributed by atoms with E-state index in [9.17, 15) is 18.0 Å². The largest absolute Gasteiger partial charge is 0.416 e. The van der Waals surface area contributed by atoms with Gasteiger partial charge in [-0.3, -0.25) is 4.79 Å². The molecule has 1 aromatic carbocycles. The highest BCUT2D eigenvalue weighted by Gasteiger charge is 2.32. The number of hydrogen-bond acceptors (Lipinski definition) is 3. The van der Waals surface area contributed by atoms with Crippen molar-refractivity contribution in [1.82, 2.24) is 4.90 Å². The first kappa shape index (κ1) is 17.7. The number of alkyl halides is 3. The maximum Gasteiger partial charge on any atom is 0.416 e. The normalized spacial score (nSPS) is 20.4. The third-order valence-corrected chi connectivity index (χ3v) is 3.75. The summed E-state index contributed by atoms with van der Waals surface area (Å²) in [5, 5.41) is 0. The third kappa shape index (κ3) is 4.45. The summed E-state index contributed by atoms with van der Waals surface area (Å²) in [5.41, 5.74) is -0.0745. The quantitative estimate of drug-likeness (QED) is 0.851. The number of ether oxygens (including phenoxy) is 2. The van der Waals surface area contributed by atoms with Gasteiger partial charge in [-0.05, 0) is 31.5 Å². The van der Waals surface area contributed by atoms with Crippen molar-refractivity contribution in [1.29, 1.82) is 0 Å². The zero-order valence-corrected chi connectivity index (χ0v) is 13.1. The van der Waals surface area contributed by atoms with Crippen molar-refractivity contribution in [3.63, 3.8) is 0 Å². The van der Waals surface area contributed by atoms with Gasteiger partial charge in [0.15, 0.2) is 0 Å². The Balaban J connectivity index is 2.05. The molecule has 1 aliphatic heterocycles. The van der Waals surface area contributed by atoms with Gasteiger partial charge in [0.25, 0.3) is 5.91 Å². The third-order valence-electron chi connectivity index (χ3n) is 3.75.